The Bertz CT molecular complexity index is 433. The molecule has 1 unspecified atom stereocenters. The summed E-state index contributed by atoms with van der Waals surface area (Å²) in [6.07, 6.45) is 3.14. The first-order valence-corrected chi connectivity index (χ1v) is 6.62. The lowest BCUT2D eigenvalue weighted by atomic mass is 10.1. The normalized spacial score (nSPS) is 12.3. The topological polar surface area (TPSA) is 92.9 Å². The number of nitrogens with one attached hydrogen (secondary N) is 2. The highest BCUT2D eigenvalue weighted by atomic mass is 16.2. The van der Waals surface area contributed by atoms with Gasteiger partial charge in [-0.2, -0.15) is 0 Å². The zero-order chi connectivity index (χ0) is 14.4. The molecule has 6 heteroatoms. The van der Waals surface area contributed by atoms with Crippen LogP contribution in [0.5, 0.6) is 0 Å². The van der Waals surface area contributed by atoms with Gasteiger partial charge in [-0.3, -0.25) is 4.79 Å². The van der Waals surface area contributed by atoms with Gasteiger partial charge >= 0.3 is 0 Å². The first-order valence-electron chi connectivity index (χ1n) is 6.62. The lowest BCUT2D eigenvalue weighted by Crippen LogP contribution is -2.41. The maximum atomic E-state index is 11.9. The Balaban J connectivity index is 2.81. The van der Waals surface area contributed by atoms with Crippen LogP contribution in [0.15, 0.2) is 6.33 Å². The monoisotopic (exact) mass is 265 g/mol. The number of nitrogens with two attached hydrogens (primary N) is 1. The molecule has 1 aromatic heterocycles. The van der Waals surface area contributed by atoms with Gasteiger partial charge in [0.1, 0.15) is 24.0 Å². The predicted octanol–water partition coefficient (Wildman–Crippen LogP) is 1.34. The quantitative estimate of drug-likeness (QED) is 0.721. The van der Waals surface area contributed by atoms with Crippen LogP contribution >= 0.6 is 0 Å². The summed E-state index contributed by atoms with van der Waals surface area (Å²) in [4.78, 5) is 20.0. The minimum atomic E-state index is -0.368. The number of rotatable bonds is 6. The van der Waals surface area contributed by atoms with Crippen LogP contribution in [0.4, 0.5) is 11.6 Å². The van der Waals surface area contributed by atoms with E-state index in [2.05, 4.69) is 27.5 Å². The molecular formula is C13H23N5O. The third kappa shape index (κ3) is 4.39. The molecule has 4 N–H and O–H groups in total. The summed E-state index contributed by atoms with van der Waals surface area (Å²) in [7, 11) is 0. The maximum Gasteiger partial charge on any atom is 0.242 e. The Morgan fingerprint density at radius 2 is 2.05 bits per heavy atom. The molecule has 1 rings (SSSR count). The van der Waals surface area contributed by atoms with Crippen LogP contribution in [0.1, 0.15) is 39.7 Å². The van der Waals surface area contributed by atoms with Crippen LogP contribution < -0.4 is 16.4 Å². The molecule has 0 aromatic carbocycles. The first-order chi connectivity index (χ1) is 8.95. The molecule has 0 aliphatic heterocycles. The van der Waals surface area contributed by atoms with E-state index in [1.54, 1.807) is 6.92 Å². The lowest BCUT2D eigenvalue weighted by molar-refractivity contribution is -0.122. The molecule has 1 aromatic rings. The van der Waals surface area contributed by atoms with Gasteiger partial charge in [-0.1, -0.05) is 13.3 Å². The van der Waals surface area contributed by atoms with E-state index in [0.717, 1.165) is 18.4 Å². The molecule has 0 saturated heterocycles. The molecule has 0 radical (unpaired) electrons. The molecule has 0 aliphatic carbocycles. The van der Waals surface area contributed by atoms with Crippen LogP contribution in [0.25, 0.3) is 0 Å². The van der Waals surface area contributed by atoms with E-state index < -0.39 is 0 Å². The van der Waals surface area contributed by atoms with Gasteiger partial charge in [0.15, 0.2) is 0 Å². The fraction of sp³-hybridized carbons (Fsp3) is 0.615. The molecule has 0 saturated carbocycles. The number of hydrogen-bond donors (Lipinski definition) is 3. The Kier molecular flexibility index (Phi) is 5.54. The zero-order valence-corrected chi connectivity index (χ0v) is 12.0. The van der Waals surface area contributed by atoms with Gasteiger partial charge in [0.05, 0.1) is 0 Å². The molecule has 6 nitrogen and oxygen atoms in total. The highest BCUT2D eigenvalue weighted by Crippen LogP contribution is 2.19. The predicted molar refractivity (Wildman–Crippen MR) is 76.8 cm³/mol. The average Bonchev–Trinajstić information content (AvgIpc) is 2.32. The van der Waals surface area contributed by atoms with E-state index in [0.29, 0.717) is 11.6 Å². The minimum absolute atomic E-state index is 0.0605. The SMILES string of the molecule is CCCc1c(N)ncnc1NC(C)C(=O)NC(C)C. The molecule has 1 amide bonds. The number of carbonyl (C=O) groups is 1. The molecular weight excluding hydrogens is 242 g/mol. The van der Waals surface area contributed by atoms with Gasteiger partial charge in [-0.05, 0) is 27.2 Å². The Hall–Kier alpha value is -1.85. The number of nitrogen functional groups attached to an aromatic ring is 1. The van der Waals surface area contributed by atoms with E-state index >= 15 is 0 Å². The molecule has 0 spiro atoms. The Labute approximate surface area is 114 Å². The van der Waals surface area contributed by atoms with Gasteiger partial charge in [0, 0.05) is 11.6 Å². The number of anilines is 2. The third-order valence-corrected chi connectivity index (χ3v) is 2.66. The van der Waals surface area contributed by atoms with Gasteiger partial charge in [-0.15, -0.1) is 0 Å². The molecule has 0 bridgehead atoms. The maximum absolute atomic E-state index is 11.9. The second-order valence-corrected chi connectivity index (χ2v) is 4.87. The summed E-state index contributed by atoms with van der Waals surface area (Å²) in [6, 6.07) is -0.255. The van der Waals surface area contributed by atoms with Crippen molar-refractivity contribution in [1.82, 2.24) is 15.3 Å². The van der Waals surface area contributed by atoms with Crippen LogP contribution in [-0.2, 0) is 11.2 Å². The van der Waals surface area contributed by atoms with Crippen LogP contribution in [0.3, 0.4) is 0 Å². The highest BCUT2D eigenvalue weighted by molar-refractivity contribution is 5.84. The van der Waals surface area contributed by atoms with Crippen molar-refractivity contribution < 1.29 is 4.79 Å². The number of amides is 1. The van der Waals surface area contributed by atoms with Crippen molar-refractivity contribution in [2.75, 3.05) is 11.1 Å². The van der Waals surface area contributed by atoms with Gasteiger partial charge in [-0.25, -0.2) is 9.97 Å². The molecule has 0 fully saturated rings. The van der Waals surface area contributed by atoms with E-state index in [9.17, 15) is 4.79 Å². The summed E-state index contributed by atoms with van der Waals surface area (Å²) < 4.78 is 0. The number of carbonyl (C=O) groups excluding carboxylic acids is 1. The first kappa shape index (κ1) is 15.2. The van der Waals surface area contributed by atoms with Crippen molar-refractivity contribution in [1.29, 1.82) is 0 Å². The van der Waals surface area contributed by atoms with Crippen LogP contribution in [-0.4, -0.2) is 28.0 Å². The Morgan fingerprint density at radius 1 is 1.37 bits per heavy atom. The number of aromatic nitrogens is 2. The number of hydrogen-bond acceptors (Lipinski definition) is 5. The molecule has 0 aliphatic rings. The fourth-order valence-electron chi connectivity index (χ4n) is 1.73. The van der Waals surface area contributed by atoms with Crippen molar-refractivity contribution in [3.8, 4) is 0 Å². The van der Waals surface area contributed by atoms with Gasteiger partial charge < -0.3 is 16.4 Å². The molecule has 1 atom stereocenters. The van der Waals surface area contributed by atoms with Crippen molar-refractivity contribution >= 4 is 17.5 Å². The highest BCUT2D eigenvalue weighted by Gasteiger charge is 2.16. The summed E-state index contributed by atoms with van der Waals surface area (Å²) in [5.41, 5.74) is 6.72. The van der Waals surface area contributed by atoms with Crippen molar-refractivity contribution in [3.05, 3.63) is 11.9 Å². The Morgan fingerprint density at radius 3 is 2.63 bits per heavy atom. The summed E-state index contributed by atoms with van der Waals surface area (Å²) in [5.74, 6) is 1.05. The minimum Gasteiger partial charge on any atom is -0.383 e. The van der Waals surface area contributed by atoms with Gasteiger partial charge in [0.25, 0.3) is 0 Å². The van der Waals surface area contributed by atoms with E-state index in [1.807, 2.05) is 13.8 Å². The molecule has 19 heavy (non-hydrogen) atoms. The fourth-order valence-corrected chi connectivity index (χ4v) is 1.73. The van der Waals surface area contributed by atoms with Crippen molar-refractivity contribution in [2.24, 2.45) is 0 Å². The standard InChI is InChI=1S/C13H23N5O/c1-5-6-10-11(14)15-7-16-12(10)18-9(4)13(19)17-8(2)3/h7-9H,5-6H2,1-4H3,(H,17,19)(H3,14,15,16,18). The third-order valence-electron chi connectivity index (χ3n) is 2.66. The second-order valence-electron chi connectivity index (χ2n) is 4.87. The average molecular weight is 265 g/mol. The molecule has 106 valence electrons. The zero-order valence-electron chi connectivity index (χ0n) is 12.0. The largest absolute Gasteiger partial charge is 0.383 e. The van der Waals surface area contributed by atoms with Crippen molar-refractivity contribution in [2.45, 2.75) is 52.6 Å². The number of nitrogens with zero attached hydrogens (tertiary/aromatic N) is 2. The van der Waals surface area contributed by atoms with E-state index in [1.165, 1.54) is 6.33 Å². The summed E-state index contributed by atoms with van der Waals surface area (Å²) in [6.45, 7) is 7.71. The van der Waals surface area contributed by atoms with Crippen molar-refractivity contribution in [3.63, 3.8) is 0 Å². The van der Waals surface area contributed by atoms with E-state index in [4.69, 9.17) is 5.73 Å². The van der Waals surface area contributed by atoms with E-state index in [-0.39, 0.29) is 18.0 Å². The molecule has 1 heterocycles. The smallest absolute Gasteiger partial charge is 0.242 e. The second kappa shape index (κ2) is 6.92. The van der Waals surface area contributed by atoms with Crippen LogP contribution in [0.2, 0.25) is 0 Å². The summed E-state index contributed by atoms with van der Waals surface area (Å²) >= 11 is 0. The van der Waals surface area contributed by atoms with Crippen LogP contribution in [0, 0.1) is 0 Å². The summed E-state index contributed by atoms with van der Waals surface area (Å²) in [5, 5.41) is 5.95. The lowest BCUT2D eigenvalue weighted by Gasteiger charge is -2.18. The van der Waals surface area contributed by atoms with Gasteiger partial charge in [0.2, 0.25) is 5.91 Å².